The van der Waals surface area contributed by atoms with Crippen molar-refractivity contribution in [1.82, 2.24) is 5.32 Å². The number of carbonyl (C=O) groups excluding carboxylic acids is 1. The van der Waals surface area contributed by atoms with Crippen LogP contribution in [0.3, 0.4) is 0 Å². The van der Waals surface area contributed by atoms with E-state index < -0.39 is 0 Å². The van der Waals surface area contributed by atoms with Gasteiger partial charge in [-0.05, 0) is 24.6 Å². The number of rotatable bonds is 2. The number of benzene rings is 1. The highest BCUT2D eigenvalue weighted by molar-refractivity contribution is 9.10. The smallest absolute Gasteiger partial charge is 0.221 e. The second kappa shape index (κ2) is 4.96. The van der Waals surface area contributed by atoms with Crippen molar-refractivity contribution in [2.75, 3.05) is 0 Å². The molecule has 1 aromatic carbocycles. The van der Waals surface area contributed by atoms with Crippen molar-refractivity contribution in [3.05, 3.63) is 40.4 Å². The van der Waals surface area contributed by atoms with Crippen LogP contribution >= 0.6 is 15.9 Å². The zero-order chi connectivity index (χ0) is 10.6. The first-order chi connectivity index (χ1) is 6.63. The van der Waals surface area contributed by atoms with Crippen molar-refractivity contribution in [1.29, 1.82) is 0 Å². The van der Waals surface area contributed by atoms with E-state index in [4.69, 9.17) is 0 Å². The molecule has 14 heavy (non-hydrogen) atoms. The number of nitrogens with one attached hydrogen (secondary N) is 1. The fourth-order valence-corrected chi connectivity index (χ4v) is 1.39. The minimum Gasteiger partial charge on any atom is -0.326 e. The second-order valence-corrected chi connectivity index (χ2v) is 3.81. The van der Waals surface area contributed by atoms with Gasteiger partial charge in [0.25, 0.3) is 0 Å². The summed E-state index contributed by atoms with van der Waals surface area (Å²) in [5.74, 6) is -0.0546. The molecule has 0 aliphatic heterocycles. The van der Waals surface area contributed by atoms with Crippen LogP contribution in [0.25, 0.3) is 5.70 Å². The Morgan fingerprint density at radius 2 is 1.93 bits per heavy atom. The van der Waals surface area contributed by atoms with Gasteiger partial charge in [-0.3, -0.25) is 4.79 Å². The van der Waals surface area contributed by atoms with Gasteiger partial charge < -0.3 is 5.32 Å². The Labute approximate surface area is 92.1 Å². The Balaban J connectivity index is 2.91. The van der Waals surface area contributed by atoms with E-state index >= 15 is 0 Å². The van der Waals surface area contributed by atoms with Crippen molar-refractivity contribution in [3.8, 4) is 0 Å². The van der Waals surface area contributed by atoms with Crippen molar-refractivity contribution >= 4 is 27.5 Å². The van der Waals surface area contributed by atoms with E-state index in [0.29, 0.717) is 0 Å². The Kier molecular flexibility index (Phi) is 3.89. The first-order valence-electron chi connectivity index (χ1n) is 4.33. The third-order valence-corrected chi connectivity index (χ3v) is 2.28. The first kappa shape index (κ1) is 11.0. The number of hydrogen-bond donors (Lipinski definition) is 1. The molecule has 0 bridgehead atoms. The standard InChI is InChI=1S/C11H12BrNO/c1-3-11(13-8(2)14)9-4-6-10(12)7-5-9/h3-7H,1-2H3,(H,13,14)/b11-3-. The van der Waals surface area contributed by atoms with Gasteiger partial charge in [-0.2, -0.15) is 0 Å². The molecule has 2 nitrogen and oxygen atoms in total. The van der Waals surface area contributed by atoms with Crippen LogP contribution in [-0.4, -0.2) is 5.91 Å². The lowest BCUT2D eigenvalue weighted by Crippen LogP contribution is -2.17. The number of allylic oxidation sites excluding steroid dienone is 1. The van der Waals surface area contributed by atoms with Gasteiger partial charge in [0.2, 0.25) is 5.91 Å². The van der Waals surface area contributed by atoms with Gasteiger partial charge in [-0.25, -0.2) is 0 Å². The van der Waals surface area contributed by atoms with Crippen LogP contribution in [0.5, 0.6) is 0 Å². The predicted octanol–water partition coefficient (Wildman–Crippen LogP) is 2.95. The second-order valence-electron chi connectivity index (χ2n) is 2.89. The van der Waals surface area contributed by atoms with E-state index in [-0.39, 0.29) is 5.91 Å². The molecule has 3 heteroatoms. The molecule has 74 valence electrons. The van der Waals surface area contributed by atoms with E-state index in [1.165, 1.54) is 6.92 Å². The van der Waals surface area contributed by atoms with E-state index in [0.717, 1.165) is 15.7 Å². The number of hydrogen-bond acceptors (Lipinski definition) is 1. The Morgan fingerprint density at radius 3 is 2.36 bits per heavy atom. The molecule has 1 N–H and O–H groups in total. The average Bonchev–Trinajstić information content (AvgIpc) is 2.15. The van der Waals surface area contributed by atoms with Crippen LogP contribution in [0, 0.1) is 0 Å². The molecule has 0 heterocycles. The van der Waals surface area contributed by atoms with Gasteiger partial charge in [-0.1, -0.05) is 34.1 Å². The average molecular weight is 254 g/mol. The Bertz CT molecular complexity index is 354. The van der Waals surface area contributed by atoms with Gasteiger partial charge in [0.15, 0.2) is 0 Å². The molecule has 0 saturated carbocycles. The monoisotopic (exact) mass is 253 g/mol. The minimum atomic E-state index is -0.0546. The lowest BCUT2D eigenvalue weighted by molar-refractivity contribution is -0.117. The summed E-state index contributed by atoms with van der Waals surface area (Å²) in [6.07, 6.45) is 1.88. The third-order valence-electron chi connectivity index (χ3n) is 1.75. The van der Waals surface area contributed by atoms with Crippen LogP contribution in [0.1, 0.15) is 19.4 Å². The molecule has 0 spiro atoms. The summed E-state index contributed by atoms with van der Waals surface area (Å²) in [5, 5.41) is 2.77. The predicted molar refractivity (Wildman–Crippen MR) is 61.6 cm³/mol. The summed E-state index contributed by atoms with van der Waals surface area (Å²) in [7, 11) is 0. The summed E-state index contributed by atoms with van der Waals surface area (Å²) < 4.78 is 1.03. The van der Waals surface area contributed by atoms with Crippen LogP contribution in [0.2, 0.25) is 0 Å². The lowest BCUT2D eigenvalue weighted by Gasteiger charge is -2.07. The zero-order valence-electron chi connectivity index (χ0n) is 8.17. The number of amides is 1. The number of halogens is 1. The maximum Gasteiger partial charge on any atom is 0.221 e. The van der Waals surface area contributed by atoms with Crippen LogP contribution in [0.15, 0.2) is 34.8 Å². The SMILES string of the molecule is C/C=C(\NC(C)=O)c1ccc(Br)cc1. The molecule has 1 rings (SSSR count). The summed E-state index contributed by atoms with van der Waals surface area (Å²) in [6.45, 7) is 3.40. The topological polar surface area (TPSA) is 29.1 Å². The van der Waals surface area contributed by atoms with Crippen molar-refractivity contribution in [2.45, 2.75) is 13.8 Å². The third kappa shape index (κ3) is 3.00. The maximum absolute atomic E-state index is 10.9. The fraction of sp³-hybridized carbons (Fsp3) is 0.182. The van der Waals surface area contributed by atoms with E-state index in [2.05, 4.69) is 21.2 Å². The first-order valence-corrected chi connectivity index (χ1v) is 5.12. The zero-order valence-corrected chi connectivity index (χ0v) is 9.76. The highest BCUT2D eigenvalue weighted by Gasteiger charge is 2.01. The molecular formula is C11H12BrNO. The van der Waals surface area contributed by atoms with Crippen LogP contribution in [-0.2, 0) is 4.79 Å². The highest BCUT2D eigenvalue weighted by Crippen LogP contribution is 2.15. The highest BCUT2D eigenvalue weighted by atomic mass is 79.9. The number of carbonyl (C=O) groups is 1. The van der Waals surface area contributed by atoms with Crippen molar-refractivity contribution in [2.24, 2.45) is 0 Å². The molecule has 0 radical (unpaired) electrons. The summed E-state index contributed by atoms with van der Waals surface area (Å²) in [4.78, 5) is 10.9. The van der Waals surface area contributed by atoms with Gasteiger partial charge in [0, 0.05) is 17.1 Å². The van der Waals surface area contributed by atoms with Gasteiger partial charge in [0.1, 0.15) is 0 Å². The molecule has 0 aliphatic carbocycles. The quantitative estimate of drug-likeness (QED) is 0.863. The molecule has 0 aromatic heterocycles. The molecule has 1 aromatic rings. The lowest BCUT2D eigenvalue weighted by atomic mass is 10.1. The van der Waals surface area contributed by atoms with Crippen LogP contribution < -0.4 is 5.32 Å². The van der Waals surface area contributed by atoms with E-state index in [9.17, 15) is 4.79 Å². The molecule has 1 amide bonds. The molecule has 0 unspecified atom stereocenters. The molecule has 0 atom stereocenters. The van der Waals surface area contributed by atoms with Gasteiger partial charge >= 0.3 is 0 Å². The van der Waals surface area contributed by atoms with E-state index in [1.54, 1.807) is 0 Å². The summed E-state index contributed by atoms with van der Waals surface area (Å²) in [6, 6.07) is 7.80. The maximum atomic E-state index is 10.9. The summed E-state index contributed by atoms with van der Waals surface area (Å²) >= 11 is 3.36. The fourth-order valence-electron chi connectivity index (χ4n) is 1.13. The summed E-state index contributed by atoms with van der Waals surface area (Å²) in [5.41, 5.74) is 1.84. The Hall–Kier alpha value is -1.09. The van der Waals surface area contributed by atoms with Gasteiger partial charge in [-0.15, -0.1) is 0 Å². The van der Waals surface area contributed by atoms with Crippen molar-refractivity contribution in [3.63, 3.8) is 0 Å². The molecular weight excluding hydrogens is 242 g/mol. The molecule has 0 fully saturated rings. The normalized spacial score (nSPS) is 11.2. The largest absolute Gasteiger partial charge is 0.326 e. The van der Waals surface area contributed by atoms with Crippen LogP contribution in [0.4, 0.5) is 0 Å². The minimum absolute atomic E-state index is 0.0546. The van der Waals surface area contributed by atoms with E-state index in [1.807, 2.05) is 37.3 Å². The Morgan fingerprint density at radius 1 is 1.36 bits per heavy atom. The van der Waals surface area contributed by atoms with Gasteiger partial charge in [0.05, 0.1) is 0 Å². The van der Waals surface area contributed by atoms with Crippen molar-refractivity contribution < 1.29 is 4.79 Å². The molecule has 0 saturated heterocycles. The molecule has 0 aliphatic rings.